The van der Waals surface area contributed by atoms with E-state index in [1.807, 2.05) is 0 Å². The van der Waals surface area contributed by atoms with E-state index in [0.29, 0.717) is 16.9 Å². The lowest BCUT2D eigenvalue weighted by molar-refractivity contribution is 0.194. The average Bonchev–Trinajstić information content (AvgIpc) is 2.89. The van der Waals surface area contributed by atoms with Gasteiger partial charge in [0, 0.05) is 25.2 Å². The van der Waals surface area contributed by atoms with Gasteiger partial charge in [-0.25, -0.2) is 0 Å². The molecule has 1 saturated heterocycles. The minimum Gasteiger partial charge on any atom is -0.393 e. The van der Waals surface area contributed by atoms with Gasteiger partial charge in [-0.05, 0) is 38.3 Å². The van der Waals surface area contributed by atoms with Crippen molar-refractivity contribution in [2.24, 2.45) is 11.7 Å². The molecule has 1 aliphatic rings. The molecule has 112 valence electrons. The molecule has 0 amide bonds. The number of piperidine rings is 1. The molecule has 2 N–H and O–H groups in total. The van der Waals surface area contributed by atoms with Crippen molar-refractivity contribution in [2.45, 2.75) is 52.1 Å². The number of nitrogens with two attached hydrogens (primary N) is 1. The van der Waals surface area contributed by atoms with Crippen LogP contribution < -0.4 is 5.73 Å². The Kier molecular flexibility index (Phi) is 5.54. The molecule has 0 radical (unpaired) electrons. The molecule has 1 aromatic rings. The lowest BCUT2D eigenvalue weighted by Gasteiger charge is -2.31. The van der Waals surface area contributed by atoms with Gasteiger partial charge in [-0.1, -0.05) is 26.1 Å². The maximum absolute atomic E-state index is 5.79. The standard InChI is InChI=1S/C15H26N4S/c1-3-14(4-2)19-9-7-13(17-19)11-18-8-5-6-12(10-18)15(16)20/h7,9,12,14H,3-6,8,10-11H2,1-2H3,(H2,16,20). The van der Waals surface area contributed by atoms with E-state index in [-0.39, 0.29) is 0 Å². The Labute approximate surface area is 127 Å². The van der Waals surface area contributed by atoms with Gasteiger partial charge in [-0.3, -0.25) is 9.58 Å². The Bertz CT molecular complexity index is 439. The lowest BCUT2D eigenvalue weighted by Crippen LogP contribution is -2.40. The fourth-order valence-electron chi connectivity index (χ4n) is 2.99. The van der Waals surface area contributed by atoms with E-state index in [1.165, 1.54) is 6.42 Å². The van der Waals surface area contributed by atoms with Gasteiger partial charge in [0.05, 0.1) is 16.7 Å². The highest BCUT2D eigenvalue weighted by atomic mass is 32.1. The molecule has 0 spiro atoms. The van der Waals surface area contributed by atoms with E-state index in [2.05, 4.69) is 35.7 Å². The van der Waals surface area contributed by atoms with Crippen molar-refractivity contribution in [2.75, 3.05) is 13.1 Å². The second kappa shape index (κ2) is 7.18. The van der Waals surface area contributed by atoms with Crippen LogP contribution in [0.1, 0.15) is 51.3 Å². The molecule has 20 heavy (non-hydrogen) atoms. The second-order valence-corrected chi connectivity index (χ2v) is 6.21. The molecule has 1 atom stereocenters. The highest BCUT2D eigenvalue weighted by Gasteiger charge is 2.22. The summed E-state index contributed by atoms with van der Waals surface area (Å²) >= 11 is 5.13. The number of rotatable bonds is 6. The Hall–Kier alpha value is -0.940. The smallest absolute Gasteiger partial charge is 0.0771 e. The molecular formula is C15H26N4S. The van der Waals surface area contributed by atoms with Crippen LogP contribution in [-0.2, 0) is 6.54 Å². The summed E-state index contributed by atoms with van der Waals surface area (Å²) in [5, 5.41) is 4.73. The van der Waals surface area contributed by atoms with E-state index in [9.17, 15) is 0 Å². The first kappa shape index (κ1) is 15.4. The zero-order chi connectivity index (χ0) is 14.5. The van der Waals surface area contributed by atoms with Crippen LogP contribution in [0.15, 0.2) is 12.3 Å². The number of hydrogen-bond donors (Lipinski definition) is 1. The van der Waals surface area contributed by atoms with Crippen LogP contribution in [0.3, 0.4) is 0 Å². The Morgan fingerprint density at radius 3 is 2.90 bits per heavy atom. The third-order valence-electron chi connectivity index (χ3n) is 4.27. The molecule has 1 fully saturated rings. The lowest BCUT2D eigenvalue weighted by atomic mass is 9.98. The molecule has 0 bridgehead atoms. The van der Waals surface area contributed by atoms with E-state index in [1.54, 1.807) is 0 Å². The summed E-state index contributed by atoms with van der Waals surface area (Å²) in [6.45, 7) is 7.44. The number of thiocarbonyl (C=S) groups is 1. The van der Waals surface area contributed by atoms with Crippen molar-refractivity contribution in [3.63, 3.8) is 0 Å². The van der Waals surface area contributed by atoms with Crippen molar-refractivity contribution in [3.05, 3.63) is 18.0 Å². The molecule has 0 aliphatic carbocycles. The van der Waals surface area contributed by atoms with E-state index >= 15 is 0 Å². The Morgan fingerprint density at radius 1 is 1.50 bits per heavy atom. The summed E-state index contributed by atoms with van der Waals surface area (Å²) in [5.41, 5.74) is 6.94. The first-order chi connectivity index (χ1) is 9.63. The van der Waals surface area contributed by atoms with Gasteiger partial charge in [0.2, 0.25) is 0 Å². The van der Waals surface area contributed by atoms with Gasteiger partial charge in [-0.2, -0.15) is 5.10 Å². The van der Waals surface area contributed by atoms with Gasteiger partial charge < -0.3 is 5.73 Å². The van der Waals surface area contributed by atoms with Crippen LogP contribution in [-0.4, -0.2) is 32.8 Å². The minimum absolute atomic E-state index is 0.375. The monoisotopic (exact) mass is 294 g/mol. The SMILES string of the molecule is CCC(CC)n1ccc(CN2CCCC(C(N)=S)C2)n1. The third-order valence-corrected chi connectivity index (χ3v) is 4.61. The molecule has 5 heteroatoms. The first-order valence-corrected chi connectivity index (χ1v) is 8.10. The minimum atomic E-state index is 0.375. The molecule has 0 aromatic carbocycles. The normalized spacial score (nSPS) is 20.4. The number of likely N-dealkylation sites (tertiary alicyclic amines) is 1. The highest BCUT2D eigenvalue weighted by Crippen LogP contribution is 2.19. The molecule has 1 aliphatic heterocycles. The predicted molar refractivity (Wildman–Crippen MR) is 86.6 cm³/mol. The van der Waals surface area contributed by atoms with Crippen molar-refractivity contribution in [1.29, 1.82) is 0 Å². The van der Waals surface area contributed by atoms with E-state index < -0.39 is 0 Å². The van der Waals surface area contributed by atoms with Crippen molar-refractivity contribution in [3.8, 4) is 0 Å². The highest BCUT2D eigenvalue weighted by molar-refractivity contribution is 7.80. The van der Waals surface area contributed by atoms with Crippen LogP contribution in [0, 0.1) is 5.92 Å². The quantitative estimate of drug-likeness (QED) is 0.820. The van der Waals surface area contributed by atoms with E-state index in [0.717, 1.165) is 44.6 Å². The summed E-state index contributed by atoms with van der Waals surface area (Å²) in [7, 11) is 0. The number of nitrogens with zero attached hydrogens (tertiary/aromatic N) is 3. The number of aromatic nitrogens is 2. The fourth-order valence-corrected chi connectivity index (χ4v) is 3.18. The van der Waals surface area contributed by atoms with Gasteiger partial charge >= 0.3 is 0 Å². The number of hydrogen-bond acceptors (Lipinski definition) is 3. The molecule has 4 nitrogen and oxygen atoms in total. The summed E-state index contributed by atoms with van der Waals surface area (Å²) < 4.78 is 2.12. The molecule has 0 saturated carbocycles. The molecular weight excluding hydrogens is 268 g/mol. The molecule has 1 unspecified atom stereocenters. The summed E-state index contributed by atoms with van der Waals surface area (Å²) in [5.74, 6) is 0.375. The zero-order valence-corrected chi connectivity index (χ0v) is 13.4. The average molecular weight is 294 g/mol. The summed E-state index contributed by atoms with van der Waals surface area (Å²) in [4.78, 5) is 3.09. The topological polar surface area (TPSA) is 47.1 Å². The third kappa shape index (κ3) is 3.79. The maximum Gasteiger partial charge on any atom is 0.0771 e. The zero-order valence-electron chi connectivity index (χ0n) is 12.6. The van der Waals surface area contributed by atoms with Crippen LogP contribution in [0.25, 0.3) is 0 Å². The van der Waals surface area contributed by atoms with Crippen LogP contribution in [0.5, 0.6) is 0 Å². The second-order valence-electron chi connectivity index (χ2n) is 5.73. The van der Waals surface area contributed by atoms with Crippen LogP contribution >= 0.6 is 12.2 Å². The molecule has 1 aromatic heterocycles. The van der Waals surface area contributed by atoms with Gasteiger partial charge in [0.25, 0.3) is 0 Å². The fraction of sp³-hybridized carbons (Fsp3) is 0.733. The van der Waals surface area contributed by atoms with E-state index in [4.69, 9.17) is 23.1 Å². The first-order valence-electron chi connectivity index (χ1n) is 7.69. The van der Waals surface area contributed by atoms with Gasteiger partial charge in [-0.15, -0.1) is 0 Å². The van der Waals surface area contributed by atoms with Crippen LogP contribution in [0.2, 0.25) is 0 Å². The maximum atomic E-state index is 5.79. The molecule has 2 rings (SSSR count). The molecule has 2 heterocycles. The Balaban J connectivity index is 1.94. The van der Waals surface area contributed by atoms with Crippen molar-refractivity contribution < 1.29 is 0 Å². The predicted octanol–water partition coefficient (Wildman–Crippen LogP) is 2.74. The van der Waals surface area contributed by atoms with Crippen LogP contribution in [0.4, 0.5) is 0 Å². The largest absolute Gasteiger partial charge is 0.393 e. The summed E-state index contributed by atoms with van der Waals surface area (Å²) in [6.07, 6.45) is 6.68. The summed E-state index contributed by atoms with van der Waals surface area (Å²) in [6, 6.07) is 2.66. The van der Waals surface area contributed by atoms with Crippen molar-refractivity contribution in [1.82, 2.24) is 14.7 Å². The van der Waals surface area contributed by atoms with Crippen molar-refractivity contribution >= 4 is 17.2 Å². The van der Waals surface area contributed by atoms with Gasteiger partial charge in [0.1, 0.15) is 0 Å². The van der Waals surface area contributed by atoms with Gasteiger partial charge in [0.15, 0.2) is 0 Å². The Morgan fingerprint density at radius 2 is 2.25 bits per heavy atom.